The first-order chi connectivity index (χ1) is 11.6. The second kappa shape index (κ2) is 5.87. The molecular weight excluding hydrogens is 331 g/mol. The fraction of sp³-hybridized carbons (Fsp3) is 0.526. The van der Waals surface area contributed by atoms with Crippen molar-refractivity contribution in [3.05, 3.63) is 42.0 Å². The van der Waals surface area contributed by atoms with Crippen LogP contribution in [0.25, 0.3) is 0 Å². The van der Waals surface area contributed by atoms with Gasteiger partial charge in [-0.05, 0) is 68.9 Å². The fourth-order valence-corrected chi connectivity index (χ4v) is 3.93. The minimum absolute atomic E-state index is 0.0453. The molecule has 1 saturated heterocycles. The summed E-state index contributed by atoms with van der Waals surface area (Å²) in [6, 6.07) is 4.72. The van der Waals surface area contributed by atoms with E-state index in [4.69, 9.17) is 0 Å². The summed E-state index contributed by atoms with van der Waals surface area (Å²) in [4.78, 5) is 14.5. The molecule has 25 heavy (non-hydrogen) atoms. The van der Waals surface area contributed by atoms with Crippen LogP contribution in [-0.2, 0) is 11.0 Å². The molecule has 0 radical (unpaired) electrons. The number of aliphatic hydroxyl groups is 1. The van der Waals surface area contributed by atoms with Gasteiger partial charge >= 0.3 is 6.18 Å². The van der Waals surface area contributed by atoms with Crippen LogP contribution in [0.5, 0.6) is 0 Å². The van der Waals surface area contributed by atoms with E-state index >= 15 is 0 Å². The van der Waals surface area contributed by atoms with Crippen LogP contribution in [0, 0.1) is 5.41 Å². The fourth-order valence-electron chi connectivity index (χ4n) is 3.93. The standard InChI is InChI=1S/C19H22F3NO2/c1-13(2)18(25)9-7-17(8-10-18)11-12-23(16(17)24)15-5-3-14(4-6-15)19(20,21)22/h3-6,25H,1,7-12H2,2H3/t17-,18+. The van der Waals surface area contributed by atoms with Gasteiger partial charge in [-0.2, -0.15) is 13.2 Å². The number of rotatable bonds is 2. The second-order valence-corrected chi connectivity index (χ2v) is 7.34. The summed E-state index contributed by atoms with van der Waals surface area (Å²) >= 11 is 0. The number of nitrogens with zero attached hydrogens (tertiary/aromatic N) is 1. The van der Waals surface area contributed by atoms with Crippen molar-refractivity contribution in [3.8, 4) is 0 Å². The Morgan fingerprint density at radius 2 is 1.68 bits per heavy atom. The average Bonchev–Trinajstić information content (AvgIpc) is 2.87. The van der Waals surface area contributed by atoms with Gasteiger partial charge in [0.25, 0.3) is 0 Å². The van der Waals surface area contributed by atoms with E-state index in [1.807, 2.05) is 0 Å². The third-order valence-electron chi connectivity index (χ3n) is 5.85. The largest absolute Gasteiger partial charge is 0.416 e. The van der Waals surface area contributed by atoms with Crippen molar-refractivity contribution in [2.45, 2.75) is 50.8 Å². The van der Waals surface area contributed by atoms with Gasteiger partial charge in [-0.1, -0.05) is 6.58 Å². The molecule has 0 atom stereocenters. The zero-order valence-corrected chi connectivity index (χ0v) is 14.2. The molecule has 0 aromatic heterocycles. The number of amides is 1. The number of alkyl halides is 3. The highest BCUT2D eigenvalue weighted by Crippen LogP contribution is 2.50. The van der Waals surface area contributed by atoms with Crippen molar-refractivity contribution in [2.24, 2.45) is 5.41 Å². The number of benzene rings is 1. The Morgan fingerprint density at radius 1 is 1.12 bits per heavy atom. The van der Waals surface area contributed by atoms with Gasteiger partial charge in [-0.25, -0.2) is 0 Å². The third-order valence-corrected chi connectivity index (χ3v) is 5.85. The van der Waals surface area contributed by atoms with Crippen molar-refractivity contribution in [2.75, 3.05) is 11.4 Å². The Hall–Kier alpha value is -1.82. The molecule has 1 aromatic rings. The molecule has 3 nitrogen and oxygen atoms in total. The number of halogens is 3. The van der Waals surface area contributed by atoms with E-state index < -0.39 is 22.8 Å². The lowest BCUT2D eigenvalue weighted by molar-refractivity contribution is -0.137. The van der Waals surface area contributed by atoms with Gasteiger partial charge in [0.2, 0.25) is 5.91 Å². The Kier molecular flexibility index (Phi) is 4.22. The Morgan fingerprint density at radius 3 is 2.16 bits per heavy atom. The second-order valence-electron chi connectivity index (χ2n) is 7.34. The van der Waals surface area contributed by atoms with E-state index in [-0.39, 0.29) is 5.91 Å². The summed E-state index contributed by atoms with van der Waals surface area (Å²) in [5, 5.41) is 10.5. The molecule has 0 bridgehead atoms. The van der Waals surface area contributed by atoms with Crippen LogP contribution in [0.3, 0.4) is 0 Å². The maximum absolute atomic E-state index is 12.9. The number of hydrogen-bond acceptors (Lipinski definition) is 2. The highest BCUT2D eigenvalue weighted by atomic mass is 19.4. The SMILES string of the molecule is C=C(C)[C@]1(O)CC[C@]2(CCN(c3ccc(C(F)(F)F)cc3)C2=O)CC1. The van der Waals surface area contributed by atoms with Crippen molar-refractivity contribution in [1.82, 2.24) is 0 Å². The summed E-state index contributed by atoms with van der Waals surface area (Å²) in [5.74, 6) is -0.0453. The molecule has 1 aromatic carbocycles. The van der Waals surface area contributed by atoms with Gasteiger partial charge in [-0.15, -0.1) is 0 Å². The maximum Gasteiger partial charge on any atom is 0.416 e. The van der Waals surface area contributed by atoms with E-state index in [9.17, 15) is 23.1 Å². The van der Waals surface area contributed by atoms with Crippen molar-refractivity contribution >= 4 is 11.6 Å². The molecule has 6 heteroatoms. The van der Waals surface area contributed by atoms with Crippen LogP contribution >= 0.6 is 0 Å². The zero-order valence-electron chi connectivity index (χ0n) is 14.2. The van der Waals surface area contributed by atoms with Crippen LogP contribution < -0.4 is 4.90 Å². The molecule has 2 aliphatic rings. The van der Waals surface area contributed by atoms with Crippen LogP contribution in [0.2, 0.25) is 0 Å². The smallest absolute Gasteiger partial charge is 0.386 e. The molecule has 1 aliphatic heterocycles. The first kappa shape index (κ1) is 18.0. The highest BCUT2D eigenvalue weighted by molar-refractivity contribution is 6.00. The lowest BCUT2D eigenvalue weighted by Gasteiger charge is -2.41. The van der Waals surface area contributed by atoms with E-state index in [0.717, 1.165) is 12.1 Å². The predicted octanol–water partition coefficient (Wildman–Crippen LogP) is 4.31. The Bertz CT molecular complexity index is 686. The van der Waals surface area contributed by atoms with Crippen molar-refractivity contribution < 1.29 is 23.1 Å². The number of carbonyl (C=O) groups excluding carboxylic acids is 1. The summed E-state index contributed by atoms with van der Waals surface area (Å²) in [6.07, 6.45) is -1.58. The molecule has 1 aliphatic carbocycles. The molecule has 2 fully saturated rings. The van der Waals surface area contributed by atoms with Gasteiger partial charge in [0, 0.05) is 12.2 Å². The molecule has 1 N–H and O–H groups in total. The lowest BCUT2D eigenvalue weighted by atomic mass is 9.66. The number of carbonyl (C=O) groups is 1. The molecule has 1 saturated carbocycles. The highest BCUT2D eigenvalue weighted by Gasteiger charge is 2.51. The molecule has 136 valence electrons. The number of hydrogen-bond donors (Lipinski definition) is 1. The third kappa shape index (κ3) is 3.08. The van der Waals surface area contributed by atoms with Crippen LogP contribution in [0.1, 0.15) is 44.6 Å². The van der Waals surface area contributed by atoms with Gasteiger partial charge in [-0.3, -0.25) is 4.79 Å². The lowest BCUT2D eigenvalue weighted by Crippen LogP contribution is -2.43. The van der Waals surface area contributed by atoms with Crippen molar-refractivity contribution in [1.29, 1.82) is 0 Å². The van der Waals surface area contributed by atoms with E-state index in [0.29, 0.717) is 49.9 Å². The average molecular weight is 353 g/mol. The Labute approximate surface area is 145 Å². The van der Waals surface area contributed by atoms with Gasteiger partial charge in [0.15, 0.2) is 0 Å². The van der Waals surface area contributed by atoms with Gasteiger partial charge in [0.1, 0.15) is 0 Å². The van der Waals surface area contributed by atoms with E-state index in [1.165, 1.54) is 12.1 Å². The minimum Gasteiger partial charge on any atom is -0.386 e. The predicted molar refractivity (Wildman–Crippen MR) is 89.1 cm³/mol. The normalized spacial score (nSPS) is 30.1. The zero-order chi connectivity index (χ0) is 18.5. The van der Waals surface area contributed by atoms with Crippen molar-refractivity contribution in [3.63, 3.8) is 0 Å². The number of anilines is 1. The summed E-state index contributed by atoms with van der Waals surface area (Å²) in [7, 11) is 0. The Balaban J connectivity index is 1.76. The maximum atomic E-state index is 12.9. The first-order valence-corrected chi connectivity index (χ1v) is 8.45. The van der Waals surface area contributed by atoms with Crippen LogP contribution in [0.4, 0.5) is 18.9 Å². The molecule has 1 spiro atoms. The topological polar surface area (TPSA) is 40.5 Å². The molecule has 1 amide bonds. The molecule has 0 unspecified atom stereocenters. The monoisotopic (exact) mass is 353 g/mol. The molecule has 3 rings (SSSR count). The van der Waals surface area contributed by atoms with E-state index in [2.05, 4.69) is 6.58 Å². The van der Waals surface area contributed by atoms with Crippen LogP contribution in [-0.4, -0.2) is 23.2 Å². The first-order valence-electron chi connectivity index (χ1n) is 8.45. The minimum atomic E-state index is -4.38. The van der Waals surface area contributed by atoms with E-state index in [1.54, 1.807) is 11.8 Å². The molecule has 1 heterocycles. The van der Waals surface area contributed by atoms with Crippen LogP contribution in [0.15, 0.2) is 36.4 Å². The van der Waals surface area contributed by atoms with Gasteiger partial charge < -0.3 is 10.0 Å². The quantitative estimate of drug-likeness (QED) is 0.805. The van der Waals surface area contributed by atoms with Gasteiger partial charge in [0.05, 0.1) is 16.6 Å². The summed E-state index contributed by atoms with van der Waals surface area (Å²) in [6.45, 7) is 6.13. The summed E-state index contributed by atoms with van der Waals surface area (Å²) < 4.78 is 38.1. The summed E-state index contributed by atoms with van der Waals surface area (Å²) in [5.41, 5.74) is -0.928. The molecular formula is C19H22F3NO2.